The second-order valence-electron chi connectivity index (χ2n) is 9.52. The van der Waals surface area contributed by atoms with Crippen LogP contribution in [0.25, 0.3) is 22.4 Å². The Morgan fingerprint density at radius 2 is 1.97 bits per heavy atom. The molecule has 8 nitrogen and oxygen atoms in total. The van der Waals surface area contributed by atoms with E-state index < -0.39 is 6.10 Å². The molecule has 188 valence electrons. The number of nitrogens with zero attached hydrogens (tertiary/aromatic N) is 3. The van der Waals surface area contributed by atoms with Gasteiger partial charge in [-0.3, -0.25) is 9.69 Å². The molecule has 1 aliphatic rings. The molecule has 0 saturated carbocycles. The number of halogens is 1. The molecule has 0 spiro atoms. The van der Waals surface area contributed by atoms with Crippen LogP contribution in [-0.4, -0.2) is 69.6 Å². The predicted octanol–water partition coefficient (Wildman–Crippen LogP) is 3.77. The molecule has 9 heteroatoms. The zero-order chi connectivity index (χ0) is 25.2. The number of aryl methyl sites for hydroxylation is 1. The van der Waals surface area contributed by atoms with Crippen molar-refractivity contribution in [2.45, 2.75) is 19.6 Å². The molecule has 0 unspecified atom stereocenters. The van der Waals surface area contributed by atoms with Crippen molar-refractivity contribution in [2.75, 3.05) is 45.1 Å². The molecule has 1 aliphatic heterocycles. The topological polar surface area (TPSA) is 100 Å². The van der Waals surface area contributed by atoms with E-state index in [1.54, 1.807) is 30.5 Å². The Hall–Kier alpha value is -3.17. The summed E-state index contributed by atoms with van der Waals surface area (Å²) in [6, 6.07) is 13.2. The van der Waals surface area contributed by atoms with Crippen LogP contribution in [-0.2, 0) is 6.54 Å². The molecule has 1 saturated heterocycles. The van der Waals surface area contributed by atoms with Crippen LogP contribution >= 0.6 is 11.6 Å². The summed E-state index contributed by atoms with van der Waals surface area (Å²) in [6.07, 6.45) is 0.799. The Morgan fingerprint density at radius 1 is 1.17 bits per heavy atom. The van der Waals surface area contributed by atoms with Crippen molar-refractivity contribution < 1.29 is 5.11 Å². The van der Waals surface area contributed by atoms with Gasteiger partial charge in [-0.25, -0.2) is 4.98 Å². The summed E-state index contributed by atoms with van der Waals surface area (Å²) < 4.78 is 0. The minimum atomic E-state index is -0.786. The summed E-state index contributed by atoms with van der Waals surface area (Å²) in [6.45, 7) is 7.41. The molecule has 5 rings (SSSR count). The fourth-order valence-corrected chi connectivity index (χ4v) is 4.94. The van der Waals surface area contributed by atoms with Crippen molar-refractivity contribution in [3.05, 3.63) is 80.7 Å². The zero-order valence-electron chi connectivity index (χ0n) is 20.5. The molecule has 0 amide bonds. The van der Waals surface area contributed by atoms with Crippen LogP contribution in [0.15, 0.2) is 53.5 Å². The summed E-state index contributed by atoms with van der Waals surface area (Å²) in [4.78, 5) is 28.6. The SMILES string of the molecule is Cc1cc(CN2CCN(C)CC2)cc2[nH]c(-c3c(NC[C@@H](O)c4cccc(Cl)c4)cc[nH]c3=O)nc12. The van der Waals surface area contributed by atoms with Crippen molar-refractivity contribution in [1.29, 1.82) is 0 Å². The molecular formula is C27H31ClN6O2. The maximum absolute atomic E-state index is 12.9. The third kappa shape index (κ3) is 5.32. The fourth-order valence-electron chi connectivity index (χ4n) is 4.74. The molecule has 1 atom stereocenters. The van der Waals surface area contributed by atoms with Crippen molar-refractivity contribution in [3.63, 3.8) is 0 Å². The highest BCUT2D eigenvalue weighted by molar-refractivity contribution is 6.30. The lowest BCUT2D eigenvalue weighted by Gasteiger charge is -2.32. The minimum Gasteiger partial charge on any atom is -0.387 e. The molecule has 2 aromatic carbocycles. The van der Waals surface area contributed by atoms with E-state index in [0.29, 0.717) is 27.7 Å². The van der Waals surface area contributed by atoms with Crippen molar-refractivity contribution in [2.24, 2.45) is 0 Å². The number of pyridine rings is 1. The maximum Gasteiger partial charge on any atom is 0.261 e. The summed E-state index contributed by atoms with van der Waals surface area (Å²) >= 11 is 6.06. The van der Waals surface area contributed by atoms with E-state index in [9.17, 15) is 9.90 Å². The highest BCUT2D eigenvalue weighted by Crippen LogP contribution is 2.28. The number of benzene rings is 2. The van der Waals surface area contributed by atoms with Gasteiger partial charge in [-0.05, 0) is 54.9 Å². The molecule has 4 aromatic rings. The van der Waals surface area contributed by atoms with Crippen LogP contribution in [0.4, 0.5) is 5.69 Å². The van der Waals surface area contributed by atoms with Gasteiger partial charge >= 0.3 is 0 Å². The highest BCUT2D eigenvalue weighted by Gasteiger charge is 2.18. The number of aromatic nitrogens is 3. The molecule has 2 aromatic heterocycles. The fraction of sp³-hybridized carbons (Fsp3) is 0.333. The number of imidazole rings is 1. The molecule has 36 heavy (non-hydrogen) atoms. The van der Waals surface area contributed by atoms with Crippen LogP contribution in [0.5, 0.6) is 0 Å². The highest BCUT2D eigenvalue weighted by atomic mass is 35.5. The minimum absolute atomic E-state index is 0.214. The first-order valence-electron chi connectivity index (χ1n) is 12.2. The van der Waals surface area contributed by atoms with Gasteiger partial charge in [-0.15, -0.1) is 0 Å². The second kappa shape index (κ2) is 10.4. The lowest BCUT2D eigenvalue weighted by atomic mass is 10.1. The number of H-pyrrole nitrogens is 2. The first-order chi connectivity index (χ1) is 17.4. The number of nitrogens with one attached hydrogen (secondary N) is 3. The zero-order valence-corrected chi connectivity index (χ0v) is 21.3. The number of hydrogen-bond donors (Lipinski definition) is 4. The average molecular weight is 507 g/mol. The van der Waals surface area contributed by atoms with Gasteiger partial charge in [0.1, 0.15) is 11.4 Å². The van der Waals surface area contributed by atoms with E-state index in [1.807, 2.05) is 6.07 Å². The van der Waals surface area contributed by atoms with Gasteiger partial charge < -0.3 is 25.3 Å². The molecule has 3 heterocycles. The number of aliphatic hydroxyl groups excluding tert-OH is 1. The standard InChI is InChI=1S/C27H31ClN6O2/c1-17-12-18(16-34-10-8-33(2)9-11-34)13-22-25(17)32-26(31-22)24-21(6-7-29-27(24)36)30-15-23(35)19-4-3-5-20(28)14-19/h3-7,12-14,23,35H,8-11,15-16H2,1-2H3,(H,31,32)(H2,29,30,36)/t23-/m1/s1. The smallest absolute Gasteiger partial charge is 0.261 e. The Morgan fingerprint density at radius 3 is 2.75 bits per heavy atom. The molecule has 0 bridgehead atoms. The average Bonchev–Trinajstić information content (AvgIpc) is 3.28. The Kier molecular flexibility index (Phi) is 7.11. The second-order valence-corrected chi connectivity index (χ2v) is 9.96. The van der Waals surface area contributed by atoms with Crippen molar-refractivity contribution in [3.8, 4) is 11.4 Å². The van der Waals surface area contributed by atoms with Crippen LogP contribution in [0.1, 0.15) is 22.8 Å². The van der Waals surface area contributed by atoms with Gasteiger partial charge in [0.2, 0.25) is 0 Å². The number of piperazine rings is 1. The quantitative estimate of drug-likeness (QED) is 0.304. The van der Waals surface area contributed by atoms with Gasteiger partial charge in [0.25, 0.3) is 5.56 Å². The van der Waals surface area contributed by atoms with E-state index in [4.69, 9.17) is 16.6 Å². The third-order valence-electron chi connectivity index (χ3n) is 6.76. The number of rotatable bonds is 7. The van der Waals surface area contributed by atoms with E-state index in [0.717, 1.165) is 49.3 Å². The van der Waals surface area contributed by atoms with Crippen LogP contribution in [0.3, 0.4) is 0 Å². The van der Waals surface area contributed by atoms with Crippen molar-refractivity contribution >= 4 is 28.3 Å². The van der Waals surface area contributed by atoms with Gasteiger partial charge in [0.05, 0.1) is 22.8 Å². The number of aliphatic hydroxyl groups is 1. The van der Waals surface area contributed by atoms with E-state index in [-0.39, 0.29) is 12.1 Å². The Labute approximate surface area is 214 Å². The molecular weight excluding hydrogens is 476 g/mol. The van der Waals surface area contributed by atoms with E-state index in [1.165, 1.54) is 5.56 Å². The number of fused-ring (bicyclic) bond motifs is 1. The Bertz CT molecular complexity index is 1420. The van der Waals surface area contributed by atoms with Gasteiger partial charge in [0, 0.05) is 50.5 Å². The van der Waals surface area contributed by atoms with Gasteiger partial charge in [-0.2, -0.15) is 0 Å². The lowest BCUT2D eigenvalue weighted by Crippen LogP contribution is -2.43. The third-order valence-corrected chi connectivity index (χ3v) is 6.99. The van der Waals surface area contributed by atoms with Gasteiger partial charge in [-0.1, -0.05) is 29.8 Å². The van der Waals surface area contributed by atoms with Crippen LogP contribution < -0.4 is 10.9 Å². The molecule has 4 N–H and O–H groups in total. The molecule has 0 aliphatic carbocycles. The van der Waals surface area contributed by atoms with Crippen molar-refractivity contribution in [1.82, 2.24) is 24.8 Å². The summed E-state index contributed by atoms with van der Waals surface area (Å²) in [5.41, 5.74) is 5.49. The number of anilines is 1. The molecule has 1 fully saturated rings. The lowest BCUT2D eigenvalue weighted by molar-refractivity contribution is 0.148. The summed E-state index contributed by atoms with van der Waals surface area (Å²) in [5.74, 6) is 0.492. The van der Waals surface area contributed by atoms with Crippen LogP contribution in [0, 0.1) is 6.92 Å². The number of likely N-dealkylation sites (N-methyl/N-ethyl adjacent to an activating group) is 1. The van der Waals surface area contributed by atoms with Gasteiger partial charge in [0.15, 0.2) is 0 Å². The van der Waals surface area contributed by atoms with E-state index in [2.05, 4.69) is 51.2 Å². The number of hydrogen-bond acceptors (Lipinski definition) is 6. The Balaban J connectivity index is 1.40. The number of aromatic amines is 2. The van der Waals surface area contributed by atoms with Crippen LogP contribution in [0.2, 0.25) is 5.02 Å². The monoisotopic (exact) mass is 506 g/mol. The maximum atomic E-state index is 12.9. The summed E-state index contributed by atoms with van der Waals surface area (Å²) in [5, 5.41) is 14.4. The van der Waals surface area contributed by atoms with E-state index >= 15 is 0 Å². The normalized spacial score (nSPS) is 15.9. The first kappa shape index (κ1) is 24.5. The summed E-state index contributed by atoms with van der Waals surface area (Å²) in [7, 11) is 2.16. The first-order valence-corrected chi connectivity index (χ1v) is 12.5. The molecule has 0 radical (unpaired) electrons. The largest absolute Gasteiger partial charge is 0.387 e. The predicted molar refractivity (Wildman–Crippen MR) is 145 cm³/mol.